The van der Waals surface area contributed by atoms with Crippen LogP contribution in [0, 0.1) is 0 Å². The third-order valence-corrected chi connectivity index (χ3v) is 1.80. The Balaban J connectivity index is 2.74. The lowest BCUT2D eigenvalue weighted by molar-refractivity contribution is -0.140. The van der Waals surface area contributed by atoms with Gasteiger partial charge in [0.15, 0.2) is 0 Å². The molecule has 1 rings (SSSR count). The van der Waals surface area contributed by atoms with Gasteiger partial charge in [0.2, 0.25) is 0 Å². The highest BCUT2D eigenvalue weighted by atomic mass is 35.5. The third kappa shape index (κ3) is 2.12. The third-order valence-electron chi connectivity index (χ3n) is 1.44. The highest BCUT2D eigenvalue weighted by Gasteiger charge is 2.37. The van der Waals surface area contributed by atoms with Crippen LogP contribution >= 0.6 is 11.6 Å². The van der Waals surface area contributed by atoms with Gasteiger partial charge in [0.25, 0.3) is 0 Å². The van der Waals surface area contributed by atoms with Gasteiger partial charge in [-0.15, -0.1) is 0 Å². The number of carboxylic acid groups (broad SMARTS) is 1. The molecule has 5 nitrogen and oxygen atoms in total. The summed E-state index contributed by atoms with van der Waals surface area (Å²) < 4.78 is 0. The van der Waals surface area contributed by atoms with E-state index in [1.807, 2.05) is 6.92 Å². The molecule has 0 saturated heterocycles. The SMILES string of the molecule is CCNC1=CC=NC(Cl)(C(=O)O)N1. The molecular weight excluding hydrogens is 194 g/mol. The second-order valence-corrected chi connectivity index (χ2v) is 2.99. The first kappa shape index (κ1) is 9.85. The minimum Gasteiger partial charge on any atom is -0.477 e. The number of aliphatic carboxylic acids is 1. The average molecular weight is 204 g/mol. The van der Waals surface area contributed by atoms with Gasteiger partial charge in [-0.25, -0.2) is 9.79 Å². The van der Waals surface area contributed by atoms with E-state index in [1.165, 1.54) is 6.21 Å². The van der Waals surface area contributed by atoms with Crippen LogP contribution in [-0.4, -0.2) is 29.0 Å². The van der Waals surface area contributed by atoms with Crippen molar-refractivity contribution < 1.29 is 9.90 Å². The normalized spacial score (nSPS) is 26.2. The van der Waals surface area contributed by atoms with Gasteiger partial charge in [-0.2, -0.15) is 0 Å². The molecule has 72 valence electrons. The van der Waals surface area contributed by atoms with Gasteiger partial charge in [0.1, 0.15) is 5.82 Å². The summed E-state index contributed by atoms with van der Waals surface area (Å²) in [6.07, 6.45) is 2.97. The number of nitrogens with one attached hydrogen (secondary N) is 2. The fraction of sp³-hybridized carbons (Fsp3) is 0.429. The molecule has 0 aliphatic carbocycles. The number of allylic oxidation sites excluding steroid dienone is 1. The Bertz CT molecular complexity index is 277. The van der Waals surface area contributed by atoms with Crippen LogP contribution < -0.4 is 10.6 Å². The molecule has 0 fully saturated rings. The lowest BCUT2D eigenvalue weighted by Gasteiger charge is -2.25. The molecule has 1 heterocycles. The molecule has 0 aromatic heterocycles. The van der Waals surface area contributed by atoms with Crippen LogP contribution in [0.15, 0.2) is 16.9 Å². The standard InChI is InChI=1S/C7H10ClN3O2/c1-2-9-5-3-4-10-7(8,11-5)6(12)13/h3-4,9,11H,2H2,1H3,(H,12,13). The lowest BCUT2D eigenvalue weighted by Crippen LogP contribution is -2.49. The molecule has 0 radical (unpaired) electrons. The van der Waals surface area contributed by atoms with E-state index in [1.54, 1.807) is 6.08 Å². The monoisotopic (exact) mass is 203 g/mol. The summed E-state index contributed by atoms with van der Waals surface area (Å²) in [5.41, 5.74) is 0. The first-order chi connectivity index (χ1) is 6.08. The molecule has 1 atom stereocenters. The summed E-state index contributed by atoms with van der Waals surface area (Å²) in [6, 6.07) is 0. The zero-order chi connectivity index (χ0) is 9.90. The Morgan fingerprint density at radius 1 is 1.92 bits per heavy atom. The maximum absolute atomic E-state index is 10.7. The maximum Gasteiger partial charge on any atom is 0.369 e. The Kier molecular flexibility index (Phi) is 2.77. The topological polar surface area (TPSA) is 73.7 Å². The summed E-state index contributed by atoms with van der Waals surface area (Å²) in [6.45, 7) is 2.57. The average Bonchev–Trinajstić information content (AvgIpc) is 2.04. The molecule has 3 N–H and O–H groups in total. The van der Waals surface area contributed by atoms with Crippen molar-refractivity contribution in [3.63, 3.8) is 0 Å². The van der Waals surface area contributed by atoms with E-state index >= 15 is 0 Å². The minimum absolute atomic E-state index is 0.551. The highest BCUT2D eigenvalue weighted by Crippen LogP contribution is 2.16. The van der Waals surface area contributed by atoms with Crippen molar-refractivity contribution in [1.29, 1.82) is 0 Å². The molecule has 1 aliphatic heterocycles. The number of alkyl halides is 1. The van der Waals surface area contributed by atoms with E-state index in [0.717, 1.165) is 0 Å². The van der Waals surface area contributed by atoms with Crippen molar-refractivity contribution in [3.05, 3.63) is 11.9 Å². The van der Waals surface area contributed by atoms with Crippen LogP contribution in [0.4, 0.5) is 0 Å². The van der Waals surface area contributed by atoms with Crippen molar-refractivity contribution in [2.75, 3.05) is 6.54 Å². The van der Waals surface area contributed by atoms with Crippen LogP contribution in [0.25, 0.3) is 0 Å². The van der Waals surface area contributed by atoms with Crippen molar-refractivity contribution in [2.24, 2.45) is 4.99 Å². The maximum atomic E-state index is 10.7. The van der Waals surface area contributed by atoms with E-state index < -0.39 is 11.1 Å². The fourth-order valence-corrected chi connectivity index (χ4v) is 1.03. The number of rotatable bonds is 3. The quantitative estimate of drug-likeness (QED) is 0.449. The zero-order valence-corrected chi connectivity index (χ0v) is 7.80. The molecule has 0 amide bonds. The Labute approximate surface area is 80.5 Å². The Morgan fingerprint density at radius 3 is 3.15 bits per heavy atom. The minimum atomic E-state index is -1.77. The number of carbonyl (C=O) groups is 1. The molecule has 1 aliphatic rings. The number of hydrogen-bond donors (Lipinski definition) is 3. The number of aliphatic imine (C=N–C) groups is 1. The number of carboxylic acids is 1. The smallest absolute Gasteiger partial charge is 0.369 e. The summed E-state index contributed by atoms with van der Waals surface area (Å²) in [4.78, 5) is 14.3. The molecular formula is C7H10ClN3O2. The van der Waals surface area contributed by atoms with E-state index in [4.69, 9.17) is 16.7 Å². The summed E-state index contributed by atoms with van der Waals surface area (Å²) in [5, 5.41) is 12.4. The van der Waals surface area contributed by atoms with Gasteiger partial charge >= 0.3 is 11.1 Å². The Hall–Kier alpha value is -1.23. The van der Waals surface area contributed by atoms with Crippen LogP contribution in [0.3, 0.4) is 0 Å². The zero-order valence-electron chi connectivity index (χ0n) is 7.04. The molecule has 0 spiro atoms. The number of nitrogens with zero attached hydrogens (tertiary/aromatic N) is 1. The first-order valence-electron chi connectivity index (χ1n) is 3.78. The van der Waals surface area contributed by atoms with Crippen LogP contribution in [-0.2, 0) is 4.79 Å². The second-order valence-electron chi connectivity index (χ2n) is 2.44. The van der Waals surface area contributed by atoms with Gasteiger partial charge < -0.3 is 15.7 Å². The van der Waals surface area contributed by atoms with Crippen molar-refractivity contribution in [1.82, 2.24) is 10.6 Å². The lowest BCUT2D eigenvalue weighted by atomic mass is 10.4. The van der Waals surface area contributed by atoms with E-state index in [9.17, 15) is 4.79 Å². The molecule has 6 heteroatoms. The summed E-state index contributed by atoms with van der Waals surface area (Å²) in [5.74, 6) is -0.677. The van der Waals surface area contributed by atoms with E-state index in [-0.39, 0.29) is 0 Å². The Morgan fingerprint density at radius 2 is 2.62 bits per heavy atom. The predicted octanol–water partition coefficient (Wildman–Crippen LogP) is 0.0885. The van der Waals surface area contributed by atoms with Crippen molar-refractivity contribution >= 4 is 23.8 Å². The van der Waals surface area contributed by atoms with Crippen molar-refractivity contribution in [2.45, 2.75) is 12.0 Å². The van der Waals surface area contributed by atoms with Crippen molar-refractivity contribution in [3.8, 4) is 0 Å². The van der Waals surface area contributed by atoms with Gasteiger partial charge in [-0.3, -0.25) is 0 Å². The number of halogens is 1. The van der Waals surface area contributed by atoms with Gasteiger partial charge in [-0.05, 0) is 13.0 Å². The van der Waals surface area contributed by atoms with Gasteiger partial charge in [-0.1, -0.05) is 11.6 Å². The van der Waals surface area contributed by atoms with Crippen LogP contribution in [0.5, 0.6) is 0 Å². The molecule has 1 unspecified atom stereocenters. The second kappa shape index (κ2) is 3.66. The first-order valence-corrected chi connectivity index (χ1v) is 4.16. The molecule has 0 saturated carbocycles. The van der Waals surface area contributed by atoms with E-state index in [0.29, 0.717) is 12.4 Å². The summed E-state index contributed by atoms with van der Waals surface area (Å²) >= 11 is 5.65. The van der Waals surface area contributed by atoms with Crippen LogP contribution in [0.2, 0.25) is 0 Å². The van der Waals surface area contributed by atoms with Gasteiger partial charge in [0, 0.05) is 12.8 Å². The highest BCUT2D eigenvalue weighted by molar-refractivity contribution is 6.33. The van der Waals surface area contributed by atoms with Gasteiger partial charge in [0.05, 0.1) is 0 Å². The molecule has 0 bridgehead atoms. The molecule has 0 aromatic carbocycles. The fourth-order valence-electron chi connectivity index (χ4n) is 0.869. The predicted molar refractivity (Wildman–Crippen MR) is 49.6 cm³/mol. The number of hydrogen-bond acceptors (Lipinski definition) is 4. The van der Waals surface area contributed by atoms with E-state index in [2.05, 4.69) is 15.6 Å². The largest absolute Gasteiger partial charge is 0.477 e. The summed E-state index contributed by atoms with van der Waals surface area (Å²) in [7, 11) is 0. The molecule has 13 heavy (non-hydrogen) atoms. The van der Waals surface area contributed by atoms with Crippen LogP contribution in [0.1, 0.15) is 6.92 Å². The molecule has 0 aromatic rings.